The predicted octanol–water partition coefficient (Wildman–Crippen LogP) is 12.7. The number of nitrogens with zero attached hydrogens (tertiary/aromatic N) is 3. The van der Waals surface area contributed by atoms with Crippen molar-refractivity contribution >= 4 is 75.4 Å². The third-order valence-corrected chi connectivity index (χ3v) is 10.9. The number of rotatable bonds is 4. The van der Waals surface area contributed by atoms with Crippen molar-refractivity contribution in [2.45, 2.75) is 0 Å². The lowest BCUT2D eigenvalue weighted by Gasteiger charge is -2.09. The van der Waals surface area contributed by atoms with E-state index >= 15 is 0 Å². The lowest BCUT2D eigenvalue weighted by molar-refractivity contribution is 0.668. The summed E-state index contributed by atoms with van der Waals surface area (Å²) in [6.07, 6.45) is 0. The first-order chi connectivity index (χ1) is 25.2. The van der Waals surface area contributed by atoms with E-state index in [1.807, 2.05) is 60.7 Å². The van der Waals surface area contributed by atoms with Crippen LogP contribution in [0.1, 0.15) is 0 Å². The SMILES string of the molecule is c1ccc(-c2nc(-c3ccc4c(c3)sc3ccccc34)nc(-c3ccc4oc5cc(-c6cccc7c6oc6ccccc67)ccc5c4c3)n2)cc1. The summed E-state index contributed by atoms with van der Waals surface area (Å²) in [4.78, 5) is 15.1. The molecule has 4 aromatic heterocycles. The van der Waals surface area contributed by atoms with E-state index in [1.54, 1.807) is 11.3 Å². The highest BCUT2D eigenvalue weighted by atomic mass is 32.1. The van der Waals surface area contributed by atoms with Crippen LogP contribution in [0.3, 0.4) is 0 Å². The largest absolute Gasteiger partial charge is 0.456 e. The van der Waals surface area contributed by atoms with Gasteiger partial charge in [-0.25, -0.2) is 15.0 Å². The summed E-state index contributed by atoms with van der Waals surface area (Å²) in [5.41, 5.74) is 8.24. The summed E-state index contributed by atoms with van der Waals surface area (Å²) in [7, 11) is 0. The van der Waals surface area contributed by atoms with Gasteiger partial charge in [-0.15, -0.1) is 11.3 Å². The van der Waals surface area contributed by atoms with Gasteiger partial charge in [0, 0.05) is 64.0 Å². The zero-order valence-electron chi connectivity index (χ0n) is 27.0. The Balaban J connectivity index is 1.04. The molecule has 4 heterocycles. The zero-order valence-corrected chi connectivity index (χ0v) is 27.8. The van der Waals surface area contributed by atoms with E-state index in [1.165, 1.54) is 20.2 Å². The predicted molar refractivity (Wildman–Crippen MR) is 209 cm³/mol. The molecule has 11 rings (SSSR count). The summed E-state index contributed by atoms with van der Waals surface area (Å²) in [6.45, 7) is 0. The van der Waals surface area contributed by atoms with Crippen molar-refractivity contribution in [3.8, 4) is 45.3 Å². The van der Waals surface area contributed by atoms with Crippen LogP contribution in [0.25, 0.3) is 109 Å². The maximum atomic E-state index is 6.45. The highest BCUT2D eigenvalue weighted by Gasteiger charge is 2.17. The molecule has 0 saturated carbocycles. The normalized spacial score (nSPS) is 11.9. The van der Waals surface area contributed by atoms with Gasteiger partial charge in [-0.1, -0.05) is 103 Å². The Morgan fingerprint density at radius 3 is 1.86 bits per heavy atom. The highest BCUT2D eigenvalue weighted by Crippen LogP contribution is 2.40. The molecule has 0 N–H and O–H groups in total. The minimum atomic E-state index is 0.611. The molecule has 0 unspecified atom stereocenters. The van der Waals surface area contributed by atoms with Crippen LogP contribution in [0.4, 0.5) is 0 Å². The molecule has 0 atom stereocenters. The number of benzene rings is 7. The first-order valence-corrected chi connectivity index (χ1v) is 17.7. The number of aromatic nitrogens is 3. The average Bonchev–Trinajstić information content (AvgIpc) is 3.88. The van der Waals surface area contributed by atoms with Crippen LogP contribution >= 0.6 is 11.3 Å². The minimum Gasteiger partial charge on any atom is -0.456 e. The van der Waals surface area contributed by atoms with Crippen LogP contribution in [0.15, 0.2) is 160 Å². The topological polar surface area (TPSA) is 65.0 Å². The second-order valence-corrected chi connectivity index (χ2v) is 13.9. The molecule has 0 aliphatic carbocycles. The summed E-state index contributed by atoms with van der Waals surface area (Å²) < 4.78 is 15.3. The molecule has 0 fully saturated rings. The van der Waals surface area contributed by atoms with Crippen molar-refractivity contribution in [2.24, 2.45) is 0 Å². The van der Waals surface area contributed by atoms with Gasteiger partial charge in [0.15, 0.2) is 17.5 Å². The van der Waals surface area contributed by atoms with Gasteiger partial charge in [-0.3, -0.25) is 0 Å². The number of hydrogen-bond acceptors (Lipinski definition) is 6. The quantitative estimate of drug-likeness (QED) is 0.186. The van der Waals surface area contributed by atoms with E-state index in [9.17, 15) is 0 Å². The van der Waals surface area contributed by atoms with E-state index in [-0.39, 0.29) is 0 Å². The Morgan fingerprint density at radius 2 is 0.980 bits per heavy atom. The molecule has 0 amide bonds. The molecular formula is C45H25N3O2S. The van der Waals surface area contributed by atoms with E-state index in [4.69, 9.17) is 23.8 Å². The molecule has 5 nitrogen and oxygen atoms in total. The van der Waals surface area contributed by atoms with Crippen molar-refractivity contribution in [3.05, 3.63) is 152 Å². The smallest absolute Gasteiger partial charge is 0.164 e. The van der Waals surface area contributed by atoms with Crippen molar-refractivity contribution in [3.63, 3.8) is 0 Å². The first-order valence-electron chi connectivity index (χ1n) is 16.8. The highest BCUT2D eigenvalue weighted by molar-refractivity contribution is 7.25. The zero-order chi connectivity index (χ0) is 33.5. The van der Waals surface area contributed by atoms with Crippen LogP contribution < -0.4 is 0 Å². The second kappa shape index (κ2) is 10.9. The summed E-state index contributed by atoms with van der Waals surface area (Å²) in [5.74, 6) is 1.88. The maximum Gasteiger partial charge on any atom is 0.164 e. The van der Waals surface area contributed by atoms with Crippen molar-refractivity contribution < 1.29 is 8.83 Å². The van der Waals surface area contributed by atoms with Crippen molar-refractivity contribution in [1.29, 1.82) is 0 Å². The molecule has 51 heavy (non-hydrogen) atoms. The van der Waals surface area contributed by atoms with E-state index < -0.39 is 0 Å². The van der Waals surface area contributed by atoms with Gasteiger partial charge >= 0.3 is 0 Å². The van der Waals surface area contributed by atoms with Gasteiger partial charge in [0.1, 0.15) is 22.3 Å². The van der Waals surface area contributed by atoms with Crippen LogP contribution in [0, 0.1) is 0 Å². The lowest BCUT2D eigenvalue weighted by Crippen LogP contribution is -2.00. The van der Waals surface area contributed by atoms with Gasteiger partial charge in [-0.2, -0.15) is 0 Å². The third-order valence-electron chi connectivity index (χ3n) is 9.75. The fraction of sp³-hybridized carbons (Fsp3) is 0. The Kier molecular flexibility index (Phi) is 6.05. The fourth-order valence-corrected chi connectivity index (χ4v) is 8.42. The Bertz CT molecular complexity index is 3160. The first kappa shape index (κ1) is 28.2. The molecule has 0 bridgehead atoms. The molecular weight excluding hydrogens is 647 g/mol. The molecule has 0 saturated heterocycles. The van der Waals surface area contributed by atoms with Gasteiger partial charge in [-0.05, 0) is 54.1 Å². The van der Waals surface area contributed by atoms with Gasteiger partial charge in [0.25, 0.3) is 0 Å². The number of para-hydroxylation sites is 2. The third kappa shape index (κ3) is 4.50. The lowest BCUT2D eigenvalue weighted by atomic mass is 10.0. The maximum absolute atomic E-state index is 6.45. The Hall–Kier alpha value is -6.63. The molecule has 0 radical (unpaired) electrons. The van der Waals surface area contributed by atoms with E-state index in [0.717, 1.165) is 71.7 Å². The van der Waals surface area contributed by atoms with Gasteiger partial charge in [0.2, 0.25) is 0 Å². The summed E-state index contributed by atoms with van der Waals surface area (Å²) >= 11 is 1.79. The molecule has 0 aliphatic rings. The van der Waals surface area contributed by atoms with Gasteiger partial charge in [0.05, 0.1) is 0 Å². The van der Waals surface area contributed by atoms with Crippen LogP contribution in [0.2, 0.25) is 0 Å². The molecule has 238 valence electrons. The van der Waals surface area contributed by atoms with Crippen LogP contribution in [0.5, 0.6) is 0 Å². The second-order valence-electron chi connectivity index (χ2n) is 12.8. The number of thiophene rings is 1. The van der Waals surface area contributed by atoms with Crippen molar-refractivity contribution in [2.75, 3.05) is 0 Å². The summed E-state index contributed by atoms with van der Waals surface area (Å²) in [5, 5.41) is 6.76. The summed E-state index contributed by atoms with van der Waals surface area (Å²) in [6, 6.07) is 52.2. The molecule has 7 aromatic carbocycles. The molecule has 0 spiro atoms. The average molecular weight is 672 g/mol. The van der Waals surface area contributed by atoms with Crippen LogP contribution in [-0.2, 0) is 0 Å². The molecule has 0 aliphatic heterocycles. The van der Waals surface area contributed by atoms with Crippen LogP contribution in [-0.4, -0.2) is 15.0 Å². The number of hydrogen-bond donors (Lipinski definition) is 0. The molecule has 6 heteroatoms. The van der Waals surface area contributed by atoms with E-state index in [0.29, 0.717) is 17.5 Å². The van der Waals surface area contributed by atoms with E-state index in [2.05, 4.69) is 91.0 Å². The molecule has 11 aromatic rings. The Labute approximate surface area is 295 Å². The Morgan fingerprint density at radius 1 is 0.353 bits per heavy atom. The monoisotopic (exact) mass is 671 g/mol. The minimum absolute atomic E-state index is 0.611. The number of fused-ring (bicyclic) bond motifs is 9. The van der Waals surface area contributed by atoms with Crippen molar-refractivity contribution in [1.82, 2.24) is 15.0 Å². The van der Waals surface area contributed by atoms with Gasteiger partial charge < -0.3 is 8.83 Å². The standard InChI is InChI=1S/C45H25N3O2S/c1-2-9-26(10-3-1)43-46-44(48-45(47-43)29-18-21-34-33-12-5-7-16-40(33)51-41(34)25-29)28-19-22-38-36(23-28)32-20-17-27(24-39(32)49-38)30-13-8-14-35-31-11-4-6-15-37(31)50-42(30)35/h1-25H. The number of furan rings is 2. The fourth-order valence-electron chi connectivity index (χ4n) is 7.27.